The van der Waals surface area contributed by atoms with E-state index in [4.69, 9.17) is 0 Å². The van der Waals surface area contributed by atoms with E-state index in [0.717, 1.165) is 38.5 Å². The van der Waals surface area contributed by atoms with Crippen LogP contribution in [-0.4, -0.2) is 29.2 Å². The molecule has 0 atom stereocenters. The largest absolute Gasteiger partial charge is 0.480 e. The van der Waals surface area contributed by atoms with E-state index in [1.165, 1.54) is 0 Å². The number of unbranched alkanes of at least 4 members (excludes halogenated alkanes) is 1. The van der Waals surface area contributed by atoms with E-state index < -0.39 is 11.5 Å². The van der Waals surface area contributed by atoms with Gasteiger partial charge in [0.2, 0.25) is 0 Å². The Hall–Kier alpha value is -1.52. The number of carbonyl (C=O) groups excluding carboxylic acids is 1. The minimum absolute atomic E-state index is 0.381. The van der Waals surface area contributed by atoms with Gasteiger partial charge in [0.05, 0.1) is 0 Å². The van der Waals surface area contributed by atoms with Crippen molar-refractivity contribution >= 4 is 12.0 Å². The third-order valence-electron chi connectivity index (χ3n) is 3.59. The number of hydrogen-bond donors (Lipinski definition) is 3. The molecule has 0 heterocycles. The van der Waals surface area contributed by atoms with Gasteiger partial charge in [-0.25, -0.2) is 9.59 Å². The second-order valence-corrected chi connectivity index (χ2v) is 5.11. The van der Waals surface area contributed by atoms with Crippen LogP contribution in [0.3, 0.4) is 0 Å². The zero-order valence-electron chi connectivity index (χ0n) is 11.4. The lowest BCUT2D eigenvalue weighted by atomic mass is 9.90. The zero-order valence-corrected chi connectivity index (χ0v) is 11.4. The first kappa shape index (κ1) is 15.5. The molecule has 0 radical (unpaired) electrons. The lowest BCUT2D eigenvalue weighted by Gasteiger charge is -2.29. The average molecular weight is 268 g/mol. The molecule has 1 fully saturated rings. The maximum absolute atomic E-state index is 11.8. The zero-order chi connectivity index (χ0) is 14.1. The van der Waals surface area contributed by atoms with Crippen LogP contribution in [0, 0.1) is 0 Å². The lowest BCUT2D eigenvalue weighted by Crippen LogP contribution is -2.57. The van der Waals surface area contributed by atoms with Crippen LogP contribution in [0.25, 0.3) is 0 Å². The Labute approximate surface area is 114 Å². The van der Waals surface area contributed by atoms with Crippen molar-refractivity contribution in [3.05, 3.63) is 12.7 Å². The molecule has 1 rings (SSSR count). The van der Waals surface area contributed by atoms with Crippen molar-refractivity contribution in [1.82, 2.24) is 10.6 Å². The number of carboxylic acids is 1. The van der Waals surface area contributed by atoms with Gasteiger partial charge in [-0.15, -0.1) is 6.58 Å². The third-order valence-corrected chi connectivity index (χ3v) is 3.59. The van der Waals surface area contributed by atoms with Gasteiger partial charge in [-0.05, 0) is 25.7 Å². The molecule has 1 aliphatic carbocycles. The number of carboxylic acid groups (broad SMARTS) is 1. The molecule has 0 aromatic carbocycles. The van der Waals surface area contributed by atoms with E-state index in [1.807, 2.05) is 0 Å². The molecular formula is C14H24N2O3. The van der Waals surface area contributed by atoms with Gasteiger partial charge in [-0.1, -0.05) is 31.8 Å². The summed E-state index contributed by atoms with van der Waals surface area (Å²) in [4.78, 5) is 23.3. The first-order valence-electron chi connectivity index (χ1n) is 7.01. The fourth-order valence-corrected chi connectivity index (χ4v) is 2.43. The Morgan fingerprint density at radius 2 is 1.84 bits per heavy atom. The van der Waals surface area contributed by atoms with E-state index >= 15 is 0 Å². The van der Waals surface area contributed by atoms with Crippen LogP contribution in [0.2, 0.25) is 0 Å². The molecular weight excluding hydrogens is 244 g/mol. The third kappa shape index (κ3) is 4.93. The van der Waals surface area contributed by atoms with E-state index in [0.29, 0.717) is 19.4 Å². The molecule has 0 saturated heterocycles. The molecule has 108 valence electrons. The Morgan fingerprint density at radius 1 is 1.21 bits per heavy atom. The molecule has 0 aliphatic heterocycles. The number of hydrogen-bond acceptors (Lipinski definition) is 2. The number of amides is 2. The van der Waals surface area contributed by atoms with Crippen LogP contribution >= 0.6 is 0 Å². The predicted octanol–water partition coefficient (Wildman–Crippen LogP) is 2.43. The summed E-state index contributed by atoms with van der Waals surface area (Å²) in [5.74, 6) is -0.921. The van der Waals surface area contributed by atoms with Crippen LogP contribution in [-0.2, 0) is 4.79 Å². The normalized spacial score (nSPS) is 18.1. The SMILES string of the molecule is C=CCCCNC(=O)NC1(C(=O)O)CCCCCC1. The van der Waals surface area contributed by atoms with Gasteiger partial charge in [0.25, 0.3) is 0 Å². The molecule has 3 N–H and O–H groups in total. The molecule has 0 unspecified atom stereocenters. The maximum Gasteiger partial charge on any atom is 0.329 e. The quantitative estimate of drug-likeness (QED) is 0.393. The molecule has 5 nitrogen and oxygen atoms in total. The van der Waals surface area contributed by atoms with Crippen LogP contribution in [0.4, 0.5) is 4.79 Å². The van der Waals surface area contributed by atoms with Gasteiger partial charge in [-0.3, -0.25) is 0 Å². The summed E-state index contributed by atoms with van der Waals surface area (Å²) in [6.07, 6.45) is 8.26. The van der Waals surface area contributed by atoms with Crippen LogP contribution in [0.1, 0.15) is 51.4 Å². The molecule has 2 amide bonds. The van der Waals surface area contributed by atoms with Crippen LogP contribution in [0.5, 0.6) is 0 Å². The first-order chi connectivity index (χ1) is 9.10. The second-order valence-electron chi connectivity index (χ2n) is 5.11. The summed E-state index contributed by atoms with van der Waals surface area (Å²) in [5.41, 5.74) is -1.08. The van der Waals surface area contributed by atoms with Crippen molar-refractivity contribution in [2.45, 2.75) is 56.9 Å². The fraction of sp³-hybridized carbons (Fsp3) is 0.714. The Morgan fingerprint density at radius 3 is 2.37 bits per heavy atom. The predicted molar refractivity (Wildman–Crippen MR) is 74.0 cm³/mol. The molecule has 0 aromatic heterocycles. The van der Waals surface area contributed by atoms with Crippen molar-refractivity contribution in [3.63, 3.8) is 0 Å². The summed E-state index contributed by atoms with van der Waals surface area (Å²) in [5, 5.41) is 14.8. The summed E-state index contributed by atoms with van der Waals surface area (Å²) in [6.45, 7) is 4.14. The van der Waals surface area contributed by atoms with Crippen molar-refractivity contribution in [2.75, 3.05) is 6.54 Å². The van der Waals surface area contributed by atoms with Gasteiger partial charge in [0.1, 0.15) is 5.54 Å². The number of aliphatic carboxylic acids is 1. The monoisotopic (exact) mass is 268 g/mol. The van der Waals surface area contributed by atoms with Crippen molar-refractivity contribution in [1.29, 1.82) is 0 Å². The fourth-order valence-electron chi connectivity index (χ4n) is 2.43. The summed E-state index contributed by atoms with van der Waals surface area (Å²) >= 11 is 0. The smallest absolute Gasteiger partial charge is 0.329 e. The highest BCUT2D eigenvalue weighted by atomic mass is 16.4. The van der Waals surface area contributed by atoms with Gasteiger partial charge < -0.3 is 15.7 Å². The summed E-state index contributed by atoms with van der Waals surface area (Å²) in [6, 6.07) is -0.381. The Bertz CT molecular complexity index is 321. The summed E-state index contributed by atoms with van der Waals surface area (Å²) < 4.78 is 0. The highest BCUT2D eigenvalue weighted by Crippen LogP contribution is 2.27. The van der Waals surface area contributed by atoms with Gasteiger partial charge >= 0.3 is 12.0 Å². The molecule has 1 aliphatic rings. The second kappa shape index (κ2) is 7.81. The first-order valence-corrected chi connectivity index (χ1v) is 7.01. The number of rotatable bonds is 6. The minimum atomic E-state index is -1.08. The van der Waals surface area contributed by atoms with Crippen molar-refractivity contribution in [2.24, 2.45) is 0 Å². The van der Waals surface area contributed by atoms with Crippen LogP contribution < -0.4 is 10.6 Å². The molecule has 0 bridgehead atoms. The number of carbonyl (C=O) groups is 2. The topological polar surface area (TPSA) is 78.4 Å². The molecule has 19 heavy (non-hydrogen) atoms. The highest BCUT2D eigenvalue weighted by molar-refractivity contribution is 5.86. The Balaban J connectivity index is 2.50. The highest BCUT2D eigenvalue weighted by Gasteiger charge is 2.39. The Kier molecular flexibility index (Phi) is 6.39. The lowest BCUT2D eigenvalue weighted by molar-refractivity contribution is -0.145. The molecule has 0 spiro atoms. The number of allylic oxidation sites excluding steroid dienone is 1. The standard InChI is InChI=1S/C14H24N2O3/c1-2-3-8-11-15-13(19)16-14(12(17)18)9-6-4-5-7-10-14/h2H,1,3-11H2,(H,17,18)(H2,15,16,19). The van der Waals surface area contributed by atoms with E-state index in [9.17, 15) is 14.7 Å². The molecule has 5 heteroatoms. The van der Waals surface area contributed by atoms with Gasteiger partial charge in [-0.2, -0.15) is 0 Å². The maximum atomic E-state index is 11.8. The number of nitrogens with one attached hydrogen (secondary N) is 2. The van der Waals surface area contributed by atoms with Gasteiger partial charge in [0.15, 0.2) is 0 Å². The van der Waals surface area contributed by atoms with Crippen molar-refractivity contribution < 1.29 is 14.7 Å². The number of urea groups is 1. The molecule has 1 saturated carbocycles. The van der Waals surface area contributed by atoms with Crippen molar-refractivity contribution in [3.8, 4) is 0 Å². The van der Waals surface area contributed by atoms with Gasteiger partial charge in [0, 0.05) is 6.54 Å². The van der Waals surface area contributed by atoms with Crippen LogP contribution in [0.15, 0.2) is 12.7 Å². The van der Waals surface area contributed by atoms with E-state index in [2.05, 4.69) is 17.2 Å². The average Bonchev–Trinajstić information content (AvgIpc) is 2.61. The van der Waals surface area contributed by atoms with E-state index in [1.54, 1.807) is 6.08 Å². The van der Waals surface area contributed by atoms with E-state index in [-0.39, 0.29) is 6.03 Å². The molecule has 0 aromatic rings. The summed E-state index contributed by atoms with van der Waals surface area (Å²) in [7, 11) is 0. The minimum Gasteiger partial charge on any atom is -0.480 e.